The normalized spacial score (nSPS) is 10.9. The summed E-state index contributed by atoms with van der Waals surface area (Å²) >= 11 is 0. The van der Waals surface area contributed by atoms with Crippen molar-refractivity contribution in [3.8, 4) is 0 Å². The molecule has 0 radical (unpaired) electrons. The maximum atomic E-state index is 12.3. The van der Waals surface area contributed by atoms with E-state index >= 15 is 0 Å². The third-order valence-electron chi connectivity index (χ3n) is 5.16. The van der Waals surface area contributed by atoms with Gasteiger partial charge in [-0.15, -0.1) is 0 Å². The first-order valence-electron chi connectivity index (χ1n) is 10.5. The van der Waals surface area contributed by atoms with Gasteiger partial charge in [0.25, 0.3) is 0 Å². The van der Waals surface area contributed by atoms with Gasteiger partial charge in [0.05, 0.1) is 6.54 Å². The van der Waals surface area contributed by atoms with Gasteiger partial charge in [-0.1, -0.05) is 35.9 Å². The zero-order valence-electron chi connectivity index (χ0n) is 18.1. The van der Waals surface area contributed by atoms with Gasteiger partial charge in [0.15, 0.2) is 5.65 Å². The molecule has 0 atom stereocenters. The van der Waals surface area contributed by atoms with Crippen molar-refractivity contribution in [1.82, 2.24) is 19.9 Å². The SMILES string of the molecule is Cc1ccc(Cn2c(CCNC(=O)Nc3cc(C)cc(C)c3)nc3cccnc32)cc1. The first-order valence-corrected chi connectivity index (χ1v) is 10.5. The summed E-state index contributed by atoms with van der Waals surface area (Å²) in [5.74, 6) is 0.904. The average molecular weight is 414 g/mol. The third kappa shape index (κ3) is 5.09. The van der Waals surface area contributed by atoms with Gasteiger partial charge in [-0.05, 0) is 61.7 Å². The number of benzene rings is 2. The largest absolute Gasteiger partial charge is 0.337 e. The molecule has 0 saturated carbocycles. The molecule has 2 heterocycles. The molecule has 0 aliphatic heterocycles. The summed E-state index contributed by atoms with van der Waals surface area (Å²) in [4.78, 5) is 21.6. The van der Waals surface area contributed by atoms with E-state index in [4.69, 9.17) is 4.98 Å². The van der Waals surface area contributed by atoms with E-state index in [0.717, 1.165) is 33.8 Å². The highest BCUT2D eigenvalue weighted by atomic mass is 16.2. The maximum absolute atomic E-state index is 12.3. The minimum atomic E-state index is -0.218. The average Bonchev–Trinajstić information content (AvgIpc) is 3.06. The van der Waals surface area contributed by atoms with Gasteiger partial charge in [0.2, 0.25) is 0 Å². The number of urea groups is 1. The molecule has 4 aromatic rings. The number of hydrogen-bond donors (Lipinski definition) is 2. The lowest BCUT2D eigenvalue weighted by molar-refractivity contribution is 0.252. The number of rotatable bonds is 6. The van der Waals surface area contributed by atoms with E-state index in [2.05, 4.69) is 57.4 Å². The molecule has 0 bridgehead atoms. The van der Waals surface area contributed by atoms with Crippen LogP contribution in [0.5, 0.6) is 0 Å². The maximum Gasteiger partial charge on any atom is 0.319 e. The van der Waals surface area contributed by atoms with E-state index in [-0.39, 0.29) is 6.03 Å². The van der Waals surface area contributed by atoms with Gasteiger partial charge < -0.3 is 15.2 Å². The zero-order valence-corrected chi connectivity index (χ0v) is 18.1. The third-order valence-corrected chi connectivity index (χ3v) is 5.16. The summed E-state index contributed by atoms with van der Waals surface area (Å²) < 4.78 is 2.13. The van der Waals surface area contributed by atoms with Crippen LogP contribution in [-0.2, 0) is 13.0 Å². The number of aryl methyl sites for hydroxylation is 3. The van der Waals surface area contributed by atoms with E-state index < -0.39 is 0 Å². The lowest BCUT2D eigenvalue weighted by atomic mass is 10.1. The van der Waals surface area contributed by atoms with Gasteiger partial charge >= 0.3 is 6.03 Å². The van der Waals surface area contributed by atoms with E-state index in [1.165, 1.54) is 11.1 Å². The number of nitrogens with one attached hydrogen (secondary N) is 2. The van der Waals surface area contributed by atoms with Gasteiger partial charge in [-0.2, -0.15) is 0 Å². The highest BCUT2D eigenvalue weighted by Gasteiger charge is 2.12. The minimum absolute atomic E-state index is 0.218. The van der Waals surface area contributed by atoms with Crippen molar-refractivity contribution in [2.45, 2.75) is 33.7 Å². The molecule has 2 aromatic heterocycles. The fourth-order valence-corrected chi connectivity index (χ4v) is 3.75. The van der Waals surface area contributed by atoms with E-state index in [1.54, 1.807) is 6.20 Å². The van der Waals surface area contributed by atoms with Gasteiger partial charge in [0, 0.05) is 24.8 Å². The lowest BCUT2D eigenvalue weighted by Gasteiger charge is -2.11. The first kappa shape index (κ1) is 20.6. The van der Waals surface area contributed by atoms with Crippen LogP contribution in [0.4, 0.5) is 10.5 Å². The summed E-state index contributed by atoms with van der Waals surface area (Å²) in [5, 5.41) is 5.84. The van der Waals surface area contributed by atoms with Crippen LogP contribution >= 0.6 is 0 Å². The van der Waals surface area contributed by atoms with Crippen molar-refractivity contribution < 1.29 is 4.79 Å². The summed E-state index contributed by atoms with van der Waals surface area (Å²) in [6.45, 7) is 7.29. The van der Waals surface area contributed by atoms with E-state index in [0.29, 0.717) is 19.5 Å². The fraction of sp³-hybridized carbons (Fsp3) is 0.240. The molecule has 0 aliphatic rings. The monoisotopic (exact) mass is 413 g/mol. The Bertz CT molecular complexity index is 1190. The number of anilines is 1. The fourth-order valence-electron chi connectivity index (χ4n) is 3.75. The van der Waals surface area contributed by atoms with Crippen molar-refractivity contribution in [3.63, 3.8) is 0 Å². The number of fused-ring (bicyclic) bond motifs is 1. The second kappa shape index (κ2) is 9.00. The summed E-state index contributed by atoms with van der Waals surface area (Å²) in [6, 6.07) is 18.1. The Morgan fingerprint density at radius 2 is 1.71 bits per heavy atom. The molecule has 2 N–H and O–H groups in total. The molecule has 31 heavy (non-hydrogen) atoms. The number of pyridine rings is 1. The van der Waals surface area contributed by atoms with Gasteiger partial charge in [-0.25, -0.2) is 14.8 Å². The molecular weight excluding hydrogens is 386 g/mol. The predicted molar refractivity (Wildman–Crippen MR) is 124 cm³/mol. The van der Waals surface area contributed by atoms with Crippen molar-refractivity contribution in [3.05, 3.63) is 88.9 Å². The Balaban J connectivity index is 1.45. The van der Waals surface area contributed by atoms with E-state index in [1.807, 2.05) is 38.1 Å². The highest BCUT2D eigenvalue weighted by molar-refractivity contribution is 5.89. The molecule has 0 spiro atoms. The standard InChI is InChI=1S/C25H27N5O/c1-17-6-8-20(9-7-17)16-30-23(29-22-5-4-11-26-24(22)30)10-12-27-25(31)28-21-14-18(2)13-19(3)15-21/h4-9,11,13-15H,10,12,16H2,1-3H3,(H2,27,28,31). The zero-order chi connectivity index (χ0) is 21.8. The second-order valence-electron chi connectivity index (χ2n) is 7.95. The number of hydrogen-bond acceptors (Lipinski definition) is 3. The lowest BCUT2D eigenvalue weighted by Crippen LogP contribution is -2.31. The highest BCUT2D eigenvalue weighted by Crippen LogP contribution is 2.17. The van der Waals surface area contributed by atoms with Crippen molar-refractivity contribution in [1.29, 1.82) is 0 Å². The first-order chi connectivity index (χ1) is 15.0. The molecule has 0 unspecified atom stereocenters. The summed E-state index contributed by atoms with van der Waals surface area (Å²) in [5.41, 5.74) is 7.18. The van der Waals surface area contributed by atoms with Crippen molar-refractivity contribution >= 4 is 22.9 Å². The Kier molecular flexibility index (Phi) is 5.98. The molecule has 0 aliphatic carbocycles. The molecule has 158 valence electrons. The topological polar surface area (TPSA) is 71.8 Å². The van der Waals surface area contributed by atoms with Crippen LogP contribution < -0.4 is 10.6 Å². The quantitative estimate of drug-likeness (QED) is 0.478. The van der Waals surface area contributed by atoms with Crippen LogP contribution in [0.1, 0.15) is 28.1 Å². The number of carbonyl (C=O) groups excluding carboxylic acids is 1. The molecule has 2 amide bonds. The van der Waals surface area contributed by atoms with Crippen LogP contribution in [0, 0.1) is 20.8 Å². The predicted octanol–water partition coefficient (Wildman–Crippen LogP) is 4.77. The smallest absolute Gasteiger partial charge is 0.319 e. The molecular formula is C25H27N5O. The molecule has 0 saturated heterocycles. The Morgan fingerprint density at radius 3 is 2.45 bits per heavy atom. The summed E-state index contributed by atoms with van der Waals surface area (Å²) in [7, 11) is 0. The Labute approximate surface area is 182 Å². The summed E-state index contributed by atoms with van der Waals surface area (Å²) in [6.07, 6.45) is 2.40. The number of aromatic nitrogens is 3. The molecule has 2 aromatic carbocycles. The van der Waals surface area contributed by atoms with Gasteiger partial charge in [-0.3, -0.25) is 0 Å². The van der Waals surface area contributed by atoms with Crippen LogP contribution in [0.15, 0.2) is 60.8 Å². The number of imidazole rings is 1. The van der Waals surface area contributed by atoms with Crippen LogP contribution in [0.25, 0.3) is 11.2 Å². The molecule has 4 rings (SSSR count). The molecule has 6 heteroatoms. The number of nitrogens with zero attached hydrogens (tertiary/aromatic N) is 3. The molecule has 0 fully saturated rings. The van der Waals surface area contributed by atoms with Crippen LogP contribution in [-0.4, -0.2) is 27.1 Å². The molecule has 6 nitrogen and oxygen atoms in total. The van der Waals surface area contributed by atoms with Crippen LogP contribution in [0.2, 0.25) is 0 Å². The van der Waals surface area contributed by atoms with Crippen molar-refractivity contribution in [2.75, 3.05) is 11.9 Å². The second-order valence-corrected chi connectivity index (χ2v) is 7.95. The Hall–Kier alpha value is -3.67. The number of amides is 2. The van der Waals surface area contributed by atoms with Gasteiger partial charge in [0.1, 0.15) is 11.3 Å². The minimum Gasteiger partial charge on any atom is -0.337 e. The van der Waals surface area contributed by atoms with E-state index in [9.17, 15) is 4.79 Å². The Morgan fingerprint density at radius 1 is 0.968 bits per heavy atom. The number of carbonyl (C=O) groups is 1. The van der Waals surface area contributed by atoms with Crippen molar-refractivity contribution in [2.24, 2.45) is 0 Å². The van der Waals surface area contributed by atoms with Crippen LogP contribution in [0.3, 0.4) is 0 Å².